The molecule has 6 nitrogen and oxygen atoms in total. The number of aromatic nitrogens is 1. The van der Waals surface area contributed by atoms with Gasteiger partial charge in [0.15, 0.2) is 0 Å². The third-order valence-corrected chi connectivity index (χ3v) is 5.24. The van der Waals surface area contributed by atoms with Crippen molar-refractivity contribution < 1.29 is 9.59 Å². The number of likely N-dealkylation sites (tertiary alicyclic amines) is 1. The number of piperazine rings is 1. The Kier molecular flexibility index (Phi) is 5.37. The number of aryl methyl sites for hydroxylation is 1. The van der Waals surface area contributed by atoms with Crippen LogP contribution < -0.4 is 0 Å². The van der Waals surface area contributed by atoms with Crippen molar-refractivity contribution in [2.45, 2.75) is 45.7 Å². The molecular formula is C19H28N4O2. The van der Waals surface area contributed by atoms with Crippen LogP contribution in [0.4, 0.5) is 0 Å². The first-order valence-corrected chi connectivity index (χ1v) is 9.24. The van der Waals surface area contributed by atoms with E-state index in [4.69, 9.17) is 0 Å². The number of carbonyl (C=O) groups is 2. The molecule has 2 fully saturated rings. The minimum absolute atomic E-state index is 0.0153. The number of amides is 2. The van der Waals surface area contributed by atoms with Crippen molar-refractivity contribution in [1.82, 2.24) is 19.7 Å². The first-order valence-electron chi connectivity index (χ1n) is 9.24. The van der Waals surface area contributed by atoms with Crippen LogP contribution in [0.3, 0.4) is 0 Å². The molecule has 1 aromatic rings. The lowest BCUT2D eigenvalue weighted by Gasteiger charge is -2.43. The Balaban J connectivity index is 1.59. The quantitative estimate of drug-likeness (QED) is 0.835. The second-order valence-electron chi connectivity index (χ2n) is 7.33. The van der Waals surface area contributed by atoms with E-state index in [-0.39, 0.29) is 23.9 Å². The Morgan fingerprint density at radius 2 is 1.88 bits per heavy atom. The molecule has 0 unspecified atom stereocenters. The van der Waals surface area contributed by atoms with Gasteiger partial charge in [0.1, 0.15) is 5.69 Å². The molecule has 0 aliphatic carbocycles. The predicted molar refractivity (Wildman–Crippen MR) is 96.3 cm³/mol. The van der Waals surface area contributed by atoms with Crippen LogP contribution in [0.15, 0.2) is 18.3 Å². The van der Waals surface area contributed by atoms with Crippen LogP contribution in [-0.2, 0) is 4.79 Å². The molecule has 2 amide bonds. The van der Waals surface area contributed by atoms with E-state index in [1.54, 1.807) is 12.3 Å². The van der Waals surface area contributed by atoms with E-state index in [0.29, 0.717) is 18.8 Å². The Morgan fingerprint density at radius 3 is 2.48 bits per heavy atom. The van der Waals surface area contributed by atoms with Crippen molar-refractivity contribution in [2.75, 3.05) is 32.7 Å². The summed E-state index contributed by atoms with van der Waals surface area (Å²) in [5, 5.41) is 0. The zero-order chi connectivity index (χ0) is 18.0. The molecule has 0 saturated carbocycles. The number of hydrogen-bond acceptors (Lipinski definition) is 4. The Hall–Kier alpha value is -1.95. The summed E-state index contributed by atoms with van der Waals surface area (Å²) in [4.78, 5) is 35.6. The average Bonchev–Trinajstić information content (AvgIpc) is 2.62. The van der Waals surface area contributed by atoms with Gasteiger partial charge in [-0.15, -0.1) is 0 Å². The second kappa shape index (κ2) is 7.52. The van der Waals surface area contributed by atoms with Gasteiger partial charge in [0.25, 0.3) is 5.91 Å². The minimum atomic E-state index is -0.0223. The van der Waals surface area contributed by atoms with E-state index >= 15 is 0 Å². The van der Waals surface area contributed by atoms with Gasteiger partial charge < -0.3 is 9.80 Å². The first kappa shape index (κ1) is 17.9. The standard InChI is InChI=1S/C19H28N4O2/c1-14(2)23-8-4-5-17(19(23)25)21-9-11-22(12-10-21)18(24)16-7-6-15(3)13-20-16/h6-7,13-14,17H,4-5,8-12H2,1-3H3/t17-/m1/s1. The van der Waals surface area contributed by atoms with Crippen LogP contribution in [0.5, 0.6) is 0 Å². The maximum atomic E-state index is 12.7. The summed E-state index contributed by atoms with van der Waals surface area (Å²) < 4.78 is 0. The highest BCUT2D eigenvalue weighted by atomic mass is 16.2. The van der Waals surface area contributed by atoms with Crippen molar-refractivity contribution in [3.63, 3.8) is 0 Å². The van der Waals surface area contributed by atoms with Gasteiger partial charge >= 0.3 is 0 Å². The van der Waals surface area contributed by atoms with Gasteiger partial charge in [-0.1, -0.05) is 6.07 Å². The first-order chi connectivity index (χ1) is 12.0. The SMILES string of the molecule is Cc1ccc(C(=O)N2CCN([C@@H]3CCCN(C(C)C)C3=O)CC2)nc1. The third kappa shape index (κ3) is 3.84. The van der Waals surface area contributed by atoms with Gasteiger partial charge in [-0.25, -0.2) is 0 Å². The van der Waals surface area contributed by atoms with Crippen LogP contribution in [0.25, 0.3) is 0 Å². The Labute approximate surface area is 149 Å². The topological polar surface area (TPSA) is 56.8 Å². The van der Waals surface area contributed by atoms with Gasteiger partial charge in [0.2, 0.25) is 5.91 Å². The third-order valence-electron chi connectivity index (χ3n) is 5.24. The fourth-order valence-electron chi connectivity index (χ4n) is 3.72. The lowest BCUT2D eigenvalue weighted by molar-refractivity contribution is -0.142. The zero-order valence-electron chi connectivity index (χ0n) is 15.4. The molecule has 6 heteroatoms. The molecule has 2 saturated heterocycles. The Morgan fingerprint density at radius 1 is 1.16 bits per heavy atom. The van der Waals surface area contributed by atoms with Gasteiger partial charge in [-0.3, -0.25) is 19.5 Å². The second-order valence-corrected chi connectivity index (χ2v) is 7.33. The predicted octanol–water partition coefficient (Wildman–Crippen LogP) is 1.55. The van der Waals surface area contributed by atoms with Crippen molar-refractivity contribution in [1.29, 1.82) is 0 Å². The minimum Gasteiger partial charge on any atom is -0.339 e. The number of rotatable bonds is 3. The van der Waals surface area contributed by atoms with Crippen molar-refractivity contribution in [2.24, 2.45) is 0 Å². The molecule has 25 heavy (non-hydrogen) atoms. The molecule has 2 aliphatic rings. The molecule has 0 spiro atoms. The molecule has 3 heterocycles. The number of carbonyl (C=O) groups excluding carboxylic acids is 2. The van der Waals surface area contributed by atoms with Crippen molar-refractivity contribution in [3.05, 3.63) is 29.6 Å². The highest BCUT2D eigenvalue weighted by Crippen LogP contribution is 2.21. The summed E-state index contributed by atoms with van der Waals surface area (Å²) in [6.45, 7) is 9.78. The largest absolute Gasteiger partial charge is 0.339 e. The van der Waals surface area contributed by atoms with Gasteiger partial charge in [-0.05, 0) is 45.2 Å². The van der Waals surface area contributed by atoms with E-state index in [2.05, 4.69) is 23.7 Å². The lowest BCUT2D eigenvalue weighted by Crippen LogP contribution is -2.59. The highest BCUT2D eigenvalue weighted by Gasteiger charge is 2.36. The van der Waals surface area contributed by atoms with E-state index in [0.717, 1.165) is 38.0 Å². The number of nitrogens with zero attached hydrogens (tertiary/aromatic N) is 4. The summed E-state index contributed by atoms with van der Waals surface area (Å²) in [6.07, 6.45) is 3.71. The van der Waals surface area contributed by atoms with E-state index in [9.17, 15) is 9.59 Å². The molecule has 0 radical (unpaired) electrons. The summed E-state index contributed by atoms with van der Waals surface area (Å²) in [6, 6.07) is 3.93. The van der Waals surface area contributed by atoms with E-state index in [1.165, 1.54) is 0 Å². The number of pyridine rings is 1. The van der Waals surface area contributed by atoms with Crippen LogP contribution in [0.2, 0.25) is 0 Å². The van der Waals surface area contributed by atoms with Gasteiger partial charge in [0.05, 0.1) is 6.04 Å². The monoisotopic (exact) mass is 344 g/mol. The van der Waals surface area contributed by atoms with Gasteiger partial charge in [-0.2, -0.15) is 0 Å². The van der Waals surface area contributed by atoms with Crippen molar-refractivity contribution in [3.8, 4) is 0 Å². The van der Waals surface area contributed by atoms with Crippen molar-refractivity contribution >= 4 is 11.8 Å². The lowest BCUT2D eigenvalue weighted by atomic mass is 10.0. The molecule has 0 aromatic carbocycles. The molecule has 2 aliphatic heterocycles. The van der Waals surface area contributed by atoms with E-state index in [1.807, 2.05) is 22.8 Å². The molecule has 3 rings (SSSR count). The number of hydrogen-bond donors (Lipinski definition) is 0. The van der Waals surface area contributed by atoms with Crippen LogP contribution in [-0.4, -0.2) is 76.3 Å². The number of piperidine rings is 1. The molecule has 1 atom stereocenters. The molecular weight excluding hydrogens is 316 g/mol. The summed E-state index contributed by atoms with van der Waals surface area (Å²) in [5.41, 5.74) is 1.55. The van der Waals surface area contributed by atoms with Gasteiger partial charge in [0, 0.05) is 45.0 Å². The zero-order valence-corrected chi connectivity index (χ0v) is 15.4. The highest BCUT2D eigenvalue weighted by molar-refractivity contribution is 5.92. The molecule has 0 bridgehead atoms. The molecule has 136 valence electrons. The van der Waals surface area contributed by atoms with Crippen LogP contribution >= 0.6 is 0 Å². The van der Waals surface area contributed by atoms with E-state index < -0.39 is 0 Å². The molecule has 1 aromatic heterocycles. The Bertz CT molecular complexity index is 621. The maximum Gasteiger partial charge on any atom is 0.272 e. The fourth-order valence-corrected chi connectivity index (χ4v) is 3.72. The normalized spacial score (nSPS) is 22.6. The van der Waals surface area contributed by atoms with Crippen LogP contribution in [0.1, 0.15) is 42.7 Å². The molecule has 0 N–H and O–H groups in total. The fraction of sp³-hybridized carbons (Fsp3) is 0.632. The summed E-state index contributed by atoms with van der Waals surface area (Å²) >= 11 is 0. The smallest absolute Gasteiger partial charge is 0.272 e. The summed E-state index contributed by atoms with van der Waals surface area (Å²) in [7, 11) is 0. The maximum absolute atomic E-state index is 12.7. The van der Waals surface area contributed by atoms with Crippen LogP contribution in [0, 0.1) is 6.92 Å². The summed E-state index contributed by atoms with van der Waals surface area (Å²) in [5.74, 6) is 0.236. The average molecular weight is 344 g/mol.